The van der Waals surface area contributed by atoms with E-state index in [0.717, 1.165) is 6.07 Å². The second-order valence-electron chi connectivity index (χ2n) is 5.59. The van der Waals surface area contributed by atoms with Gasteiger partial charge in [-0.05, 0) is 50.2 Å². The molecule has 9 heteroatoms. The molecule has 0 aliphatic heterocycles. The Morgan fingerprint density at radius 2 is 1.70 bits per heavy atom. The maximum absolute atomic E-state index is 12.1. The number of nitro benzene ring substituents is 1. The monoisotopic (exact) mass is 390 g/mol. The normalized spacial score (nSPS) is 11.4. The summed E-state index contributed by atoms with van der Waals surface area (Å²) in [4.78, 5) is 45.6. The van der Waals surface area contributed by atoms with E-state index in [1.807, 2.05) is 0 Å². The number of hydrogen-bond donors (Lipinski definition) is 1. The second-order valence-corrected chi connectivity index (χ2v) is 6.00. The number of anilines is 1. The van der Waals surface area contributed by atoms with E-state index >= 15 is 0 Å². The smallest absolute Gasteiger partial charge is 0.339 e. The van der Waals surface area contributed by atoms with Gasteiger partial charge in [-0.25, -0.2) is 4.79 Å². The van der Waals surface area contributed by atoms with Gasteiger partial charge in [-0.3, -0.25) is 19.7 Å². The molecule has 0 aliphatic rings. The van der Waals surface area contributed by atoms with Gasteiger partial charge in [-0.15, -0.1) is 0 Å². The van der Waals surface area contributed by atoms with Gasteiger partial charge in [0.1, 0.15) is 5.02 Å². The molecule has 0 aliphatic carbocycles. The highest BCUT2D eigenvalue weighted by molar-refractivity contribution is 6.32. The first-order valence-corrected chi connectivity index (χ1v) is 8.13. The Morgan fingerprint density at radius 3 is 2.26 bits per heavy atom. The summed E-state index contributed by atoms with van der Waals surface area (Å²) in [6, 6.07) is 9.66. The summed E-state index contributed by atoms with van der Waals surface area (Å²) in [5.41, 5.74) is 0.386. The lowest BCUT2D eigenvalue weighted by molar-refractivity contribution is -0.384. The number of halogens is 1. The molecule has 0 bridgehead atoms. The van der Waals surface area contributed by atoms with Crippen molar-refractivity contribution in [2.75, 3.05) is 5.32 Å². The molecule has 0 saturated carbocycles. The van der Waals surface area contributed by atoms with Crippen LogP contribution in [0.3, 0.4) is 0 Å². The molecule has 27 heavy (non-hydrogen) atoms. The summed E-state index contributed by atoms with van der Waals surface area (Å²) in [6.07, 6.45) is -1.15. The van der Waals surface area contributed by atoms with Crippen molar-refractivity contribution < 1.29 is 24.0 Å². The lowest BCUT2D eigenvalue weighted by atomic mass is 10.1. The Morgan fingerprint density at radius 1 is 1.11 bits per heavy atom. The standard InChI is InChI=1S/C18H15ClN2O6/c1-10(22)12-3-6-14(7-4-12)20-17(23)11(2)27-18(24)13-5-8-15(19)16(9-13)21(25)26/h3-9,11H,1-2H3,(H,20,23)/t11-/m1/s1. The van der Waals surface area contributed by atoms with Crippen molar-refractivity contribution in [3.05, 3.63) is 68.7 Å². The molecule has 140 valence electrons. The van der Waals surface area contributed by atoms with Crippen LogP contribution in [0.15, 0.2) is 42.5 Å². The topological polar surface area (TPSA) is 116 Å². The highest BCUT2D eigenvalue weighted by Gasteiger charge is 2.22. The highest BCUT2D eigenvalue weighted by atomic mass is 35.5. The molecule has 2 rings (SSSR count). The first-order valence-electron chi connectivity index (χ1n) is 7.76. The van der Waals surface area contributed by atoms with Crippen LogP contribution in [-0.4, -0.2) is 28.7 Å². The average molecular weight is 391 g/mol. The van der Waals surface area contributed by atoms with Crippen molar-refractivity contribution in [1.82, 2.24) is 0 Å². The van der Waals surface area contributed by atoms with Crippen LogP contribution in [0, 0.1) is 10.1 Å². The van der Waals surface area contributed by atoms with E-state index in [4.69, 9.17) is 16.3 Å². The van der Waals surface area contributed by atoms with Crippen LogP contribution in [0.2, 0.25) is 5.02 Å². The lowest BCUT2D eigenvalue weighted by Gasteiger charge is -2.14. The average Bonchev–Trinajstić information content (AvgIpc) is 2.62. The summed E-state index contributed by atoms with van der Waals surface area (Å²) in [7, 11) is 0. The molecule has 0 unspecified atom stereocenters. The first kappa shape index (κ1) is 20.1. The molecule has 1 atom stereocenters. The Kier molecular flexibility index (Phi) is 6.25. The van der Waals surface area contributed by atoms with Crippen LogP contribution in [-0.2, 0) is 9.53 Å². The van der Waals surface area contributed by atoms with Crippen molar-refractivity contribution in [1.29, 1.82) is 0 Å². The fourth-order valence-electron chi connectivity index (χ4n) is 2.09. The molecule has 2 aromatic rings. The molecule has 0 aromatic heterocycles. The number of nitrogens with one attached hydrogen (secondary N) is 1. The molecule has 2 aromatic carbocycles. The summed E-state index contributed by atoms with van der Waals surface area (Å²) in [6.45, 7) is 2.79. The summed E-state index contributed by atoms with van der Waals surface area (Å²) in [5, 5.41) is 13.3. The number of rotatable bonds is 6. The van der Waals surface area contributed by atoms with Gasteiger partial charge >= 0.3 is 5.97 Å². The van der Waals surface area contributed by atoms with Crippen molar-refractivity contribution in [2.24, 2.45) is 0 Å². The number of ether oxygens (including phenoxy) is 1. The van der Waals surface area contributed by atoms with Gasteiger partial charge in [0, 0.05) is 17.3 Å². The van der Waals surface area contributed by atoms with E-state index in [1.165, 1.54) is 26.0 Å². The van der Waals surface area contributed by atoms with Gasteiger partial charge in [0.25, 0.3) is 11.6 Å². The minimum Gasteiger partial charge on any atom is -0.449 e. The van der Waals surface area contributed by atoms with Crippen LogP contribution in [0.1, 0.15) is 34.6 Å². The van der Waals surface area contributed by atoms with E-state index in [-0.39, 0.29) is 16.4 Å². The minimum atomic E-state index is -1.15. The number of ketones is 1. The quantitative estimate of drug-likeness (QED) is 0.348. The maximum atomic E-state index is 12.1. The molecular formula is C18H15ClN2O6. The summed E-state index contributed by atoms with van der Waals surface area (Å²) in [5.74, 6) is -1.60. The molecule has 0 fully saturated rings. The van der Waals surface area contributed by atoms with Crippen LogP contribution in [0.5, 0.6) is 0 Å². The molecule has 0 spiro atoms. The third kappa shape index (κ3) is 5.11. The summed E-state index contributed by atoms with van der Waals surface area (Å²) >= 11 is 5.69. The van der Waals surface area contributed by atoms with Gasteiger partial charge in [0.2, 0.25) is 0 Å². The number of hydrogen-bond acceptors (Lipinski definition) is 6. The number of carbonyl (C=O) groups excluding carboxylic acids is 3. The highest BCUT2D eigenvalue weighted by Crippen LogP contribution is 2.25. The van der Waals surface area contributed by atoms with Gasteiger partial charge in [0.05, 0.1) is 10.5 Å². The molecular weight excluding hydrogens is 376 g/mol. The van der Waals surface area contributed by atoms with Crippen LogP contribution in [0.25, 0.3) is 0 Å². The molecule has 0 saturated heterocycles. The SMILES string of the molecule is CC(=O)c1ccc(NC(=O)[C@@H](C)OC(=O)c2ccc(Cl)c([N+](=O)[O-])c2)cc1. The van der Waals surface area contributed by atoms with Crippen molar-refractivity contribution in [2.45, 2.75) is 20.0 Å². The van der Waals surface area contributed by atoms with Crippen LogP contribution < -0.4 is 5.32 Å². The van der Waals surface area contributed by atoms with Crippen molar-refractivity contribution in [3.63, 3.8) is 0 Å². The zero-order valence-electron chi connectivity index (χ0n) is 14.4. The van der Waals surface area contributed by atoms with Gasteiger partial charge in [-0.1, -0.05) is 11.6 Å². The predicted octanol–water partition coefficient (Wildman–Crippen LogP) is 3.63. The zero-order chi connectivity index (χ0) is 20.1. The zero-order valence-corrected chi connectivity index (χ0v) is 15.1. The predicted molar refractivity (Wildman–Crippen MR) is 98.1 cm³/mol. The van der Waals surface area contributed by atoms with Gasteiger partial charge in [-0.2, -0.15) is 0 Å². The third-order valence-electron chi connectivity index (χ3n) is 3.59. The van der Waals surface area contributed by atoms with Crippen LogP contribution in [0.4, 0.5) is 11.4 Å². The number of carbonyl (C=O) groups is 3. The maximum Gasteiger partial charge on any atom is 0.339 e. The molecule has 0 radical (unpaired) electrons. The Balaban J connectivity index is 2.03. The second kappa shape index (κ2) is 8.41. The molecule has 1 N–H and O–H groups in total. The van der Waals surface area contributed by atoms with Crippen molar-refractivity contribution >= 4 is 40.6 Å². The van der Waals surface area contributed by atoms with E-state index in [2.05, 4.69) is 5.32 Å². The van der Waals surface area contributed by atoms with E-state index in [9.17, 15) is 24.5 Å². The first-order chi connectivity index (χ1) is 12.7. The fourth-order valence-corrected chi connectivity index (χ4v) is 2.28. The van der Waals surface area contributed by atoms with Gasteiger partial charge < -0.3 is 10.1 Å². The molecule has 0 heterocycles. The molecule has 1 amide bonds. The minimum absolute atomic E-state index is 0.100. The number of nitrogens with zero attached hydrogens (tertiary/aromatic N) is 1. The lowest BCUT2D eigenvalue weighted by Crippen LogP contribution is -2.30. The number of esters is 1. The van der Waals surface area contributed by atoms with E-state index < -0.39 is 28.6 Å². The van der Waals surface area contributed by atoms with E-state index in [0.29, 0.717) is 11.3 Å². The largest absolute Gasteiger partial charge is 0.449 e. The Labute approximate surface area is 159 Å². The van der Waals surface area contributed by atoms with Gasteiger partial charge in [0.15, 0.2) is 11.9 Å². The van der Waals surface area contributed by atoms with Crippen LogP contribution >= 0.6 is 11.6 Å². The third-order valence-corrected chi connectivity index (χ3v) is 3.91. The number of Topliss-reactive ketones (excluding diaryl/α,β-unsaturated/α-hetero) is 1. The van der Waals surface area contributed by atoms with Crippen molar-refractivity contribution in [3.8, 4) is 0 Å². The Bertz CT molecular complexity index is 911. The molecule has 8 nitrogen and oxygen atoms in total. The number of amides is 1. The summed E-state index contributed by atoms with van der Waals surface area (Å²) < 4.78 is 5.04. The number of benzene rings is 2. The number of nitro groups is 1. The van der Waals surface area contributed by atoms with E-state index in [1.54, 1.807) is 24.3 Å². The fraction of sp³-hybridized carbons (Fsp3) is 0.167. The Hall–Kier alpha value is -3.26.